The van der Waals surface area contributed by atoms with E-state index in [1.54, 1.807) is 0 Å². The number of sulfonamides is 1. The van der Waals surface area contributed by atoms with Crippen LogP contribution in [0.5, 0.6) is 0 Å². The minimum atomic E-state index is -3.43. The van der Waals surface area contributed by atoms with Gasteiger partial charge in [-0.05, 0) is 30.5 Å². The van der Waals surface area contributed by atoms with Crippen LogP contribution in [0.1, 0.15) is 19.8 Å². The third kappa shape index (κ3) is 2.48. The topological polar surface area (TPSA) is 63.4 Å². The average molecular weight is 289 g/mol. The quantitative estimate of drug-likeness (QED) is 0.868. The zero-order valence-electron chi connectivity index (χ0n) is 10.3. The molecule has 1 saturated heterocycles. The Kier molecular flexibility index (Phi) is 3.84. The van der Waals surface area contributed by atoms with Gasteiger partial charge in [0.25, 0.3) is 0 Å². The highest BCUT2D eigenvalue weighted by molar-refractivity contribution is 7.89. The maximum Gasteiger partial charge on any atom is 0.243 e. The van der Waals surface area contributed by atoms with Gasteiger partial charge in [0.15, 0.2) is 0 Å². The lowest BCUT2D eigenvalue weighted by Crippen LogP contribution is -2.28. The minimum Gasteiger partial charge on any atom is -0.398 e. The summed E-state index contributed by atoms with van der Waals surface area (Å²) in [5.41, 5.74) is 5.98. The summed E-state index contributed by atoms with van der Waals surface area (Å²) in [6.07, 6.45) is 1.94. The van der Waals surface area contributed by atoms with E-state index < -0.39 is 10.0 Å². The standard InChI is InChI=1S/C12H17ClN2O2S/c1-2-9-5-6-15(8-9)18(16,17)10-3-4-12(14)11(13)7-10/h3-4,7,9H,2,5-6,8,14H2,1H3. The highest BCUT2D eigenvalue weighted by Gasteiger charge is 2.31. The second-order valence-electron chi connectivity index (χ2n) is 4.61. The molecular formula is C12H17ClN2O2S. The molecule has 0 spiro atoms. The van der Waals surface area contributed by atoms with Gasteiger partial charge in [0.05, 0.1) is 15.6 Å². The van der Waals surface area contributed by atoms with Crippen LogP contribution in [0.4, 0.5) is 5.69 Å². The maximum absolute atomic E-state index is 12.4. The Balaban J connectivity index is 2.28. The second kappa shape index (κ2) is 5.07. The van der Waals surface area contributed by atoms with Crippen LogP contribution in [-0.4, -0.2) is 25.8 Å². The Labute approximate surface area is 113 Å². The number of halogens is 1. The van der Waals surface area contributed by atoms with Gasteiger partial charge in [-0.15, -0.1) is 0 Å². The number of nitrogens with zero attached hydrogens (tertiary/aromatic N) is 1. The first-order valence-corrected chi connectivity index (χ1v) is 7.82. The zero-order chi connectivity index (χ0) is 13.3. The third-order valence-corrected chi connectivity index (χ3v) is 5.62. The van der Waals surface area contributed by atoms with Crippen LogP contribution in [0.2, 0.25) is 5.02 Å². The summed E-state index contributed by atoms with van der Waals surface area (Å²) in [5, 5.41) is 0.280. The molecule has 1 unspecified atom stereocenters. The van der Waals surface area contributed by atoms with Crippen molar-refractivity contribution in [1.82, 2.24) is 4.31 Å². The fraction of sp³-hybridized carbons (Fsp3) is 0.500. The molecule has 2 N–H and O–H groups in total. The van der Waals surface area contributed by atoms with Crippen molar-refractivity contribution in [3.05, 3.63) is 23.2 Å². The molecule has 0 aromatic heterocycles. The number of hydrogen-bond acceptors (Lipinski definition) is 3. The van der Waals surface area contributed by atoms with Crippen molar-refractivity contribution in [3.63, 3.8) is 0 Å². The lowest BCUT2D eigenvalue weighted by Gasteiger charge is -2.16. The Bertz CT molecular complexity index is 545. The predicted octanol–water partition coefficient (Wildman–Crippen LogP) is 2.34. The average Bonchev–Trinajstić information content (AvgIpc) is 2.81. The number of anilines is 1. The van der Waals surface area contributed by atoms with Gasteiger partial charge in [-0.3, -0.25) is 0 Å². The van der Waals surface area contributed by atoms with Gasteiger partial charge in [-0.25, -0.2) is 8.42 Å². The second-order valence-corrected chi connectivity index (χ2v) is 6.95. The van der Waals surface area contributed by atoms with Crippen LogP contribution in [0.15, 0.2) is 23.1 Å². The van der Waals surface area contributed by atoms with Crippen LogP contribution < -0.4 is 5.73 Å². The summed E-state index contributed by atoms with van der Waals surface area (Å²) in [7, 11) is -3.43. The molecule has 6 heteroatoms. The highest BCUT2D eigenvalue weighted by Crippen LogP contribution is 2.28. The van der Waals surface area contributed by atoms with E-state index in [0.29, 0.717) is 24.7 Å². The van der Waals surface area contributed by atoms with Crippen LogP contribution in [0.25, 0.3) is 0 Å². The van der Waals surface area contributed by atoms with Gasteiger partial charge in [0.1, 0.15) is 0 Å². The van der Waals surface area contributed by atoms with Crippen molar-refractivity contribution in [2.75, 3.05) is 18.8 Å². The number of rotatable bonds is 3. The molecule has 0 radical (unpaired) electrons. The molecule has 1 aliphatic rings. The fourth-order valence-corrected chi connectivity index (χ4v) is 3.97. The largest absolute Gasteiger partial charge is 0.398 e. The predicted molar refractivity (Wildman–Crippen MR) is 73.0 cm³/mol. The van der Waals surface area contributed by atoms with Crippen molar-refractivity contribution in [3.8, 4) is 0 Å². The Hall–Kier alpha value is -0.780. The summed E-state index contributed by atoms with van der Waals surface area (Å²) in [5.74, 6) is 0.462. The van der Waals surface area contributed by atoms with E-state index in [4.69, 9.17) is 17.3 Å². The summed E-state index contributed by atoms with van der Waals surface area (Å²) in [6, 6.07) is 4.46. The van der Waals surface area contributed by atoms with Gasteiger partial charge >= 0.3 is 0 Å². The van der Waals surface area contributed by atoms with E-state index in [-0.39, 0.29) is 9.92 Å². The summed E-state index contributed by atoms with van der Waals surface area (Å²) in [6.45, 7) is 3.27. The van der Waals surface area contributed by atoms with Crippen molar-refractivity contribution in [2.45, 2.75) is 24.7 Å². The third-order valence-electron chi connectivity index (χ3n) is 3.44. The first-order valence-electron chi connectivity index (χ1n) is 6.00. The molecule has 1 fully saturated rings. The lowest BCUT2D eigenvalue weighted by atomic mass is 10.1. The van der Waals surface area contributed by atoms with Crippen LogP contribution >= 0.6 is 11.6 Å². The molecule has 1 heterocycles. The summed E-state index contributed by atoms with van der Waals surface area (Å²) in [4.78, 5) is 0.221. The van der Waals surface area contributed by atoms with Crippen molar-refractivity contribution in [1.29, 1.82) is 0 Å². The molecule has 4 nitrogen and oxygen atoms in total. The number of nitrogens with two attached hydrogens (primary N) is 1. The normalized spacial score (nSPS) is 21.3. The fourth-order valence-electron chi connectivity index (χ4n) is 2.17. The van der Waals surface area contributed by atoms with E-state index in [1.807, 2.05) is 0 Å². The Morgan fingerprint density at radius 3 is 2.78 bits per heavy atom. The molecule has 0 aliphatic carbocycles. The van der Waals surface area contributed by atoms with E-state index in [9.17, 15) is 8.42 Å². The number of benzene rings is 1. The summed E-state index contributed by atoms with van der Waals surface area (Å²) >= 11 is 5.87. The van der Waals surface area contributed by atoms with E-state index in [2.05, 4.69) is 6.92 Å². The first-order chi connectivity index (χ1) is 8.45. The van der Waals surface area contributed by atoms with E-state index in [0.717, 1.165) is 12.8 Å². The van der Waals surface area contributed by atoms with E-state index in [1.165, 1.54) is 22.5 Å². The molecule has 1 atom stereocenters. The SMILES string of the molecule is CCC1CCN(S(=O)(=O)c2ccc(N)c(Cl)c2)C1. The number of hydrogen-bond donors (Lipinski definition) is 1. The van der Waals surface area contributed by atoms with Crippen LogP contribution in [0, 0.1) is 5.92 Å². The monoisotopic (exact) mass is 288 g/mol. The Morgan fingerprint density at radius 1 is 1.50 bits per heavy atom. The van der Waals surface area contributed by atoms with Crippen LogP contribution in [-0.2, 0) is 10.0 Å². The molecule has 1 aromatic carbocycles. The molecule has 1 aliphatic heterocycles. The molecule has 1 aromatic rings. The molecular weight excluding hydrogens is 272 g/mol. The first kappa shape index (κ1) is 13.6. The van der Waals surface area contributed by atoms with Crippen molar-refractivity contribution >= 4 is 27.3 Å². The van der Waals surface area contributed by atoms with Crippen molar-refractivity contribution < 1.29 is 8.42 Å². The molecule has 0 saturated carbocycles. The van der Waals surface area contributed by atoms with E-state index >= 15 is 0 Å². The zero-order valence-corrected chi connectivity index (χ0v) is 11.8. The van der Waals surface area contributed by atoms with Gasteiger partial charge in [-0.2, -0.15) is 4.31 Å². The smallest absolute Gasteiger partial charge is 0.243 e. The van der Waals surface area contributed by atoms with Gasteiger partial charge in [0, 0.05) is 13.1 Å². The van der Waals surface area contributed by atoms with Gasteiger partial charge in [0.2, 0.25) is 10.0 Å². The van der Waals surface area contributed by atoms with Gasteiger partial charge in [-0.1, -0.05) is 24.9 Å². The molecule has 18 heavy (non-hydrogen) atoms. The Morgan fingerprint density at radius 2 is 2.22 bits per heavy atom. The number of nitrogen functional groups attached to an aromatic ring is 1. The summed E-state index contributed by atoms with van der Waals surface area (Å²) < 4.78 is 26.3. The van der Waals surface area contributed by atoms with Crippen molar-refractivity contribution in [2.24, 2.45) is 5.92 Å². The molecule has 100 valence electrons. The minimum absolute atomic E-state index is 0.221. The van der Waals surface area contributed by atoms with Gasteiger partial charge < -0.3 is 5.73 Å². The molecule has 0 amide bonds. The molecule has 2 rings (SSSR count). The van der Waals surface area contributed by atoms with Crippen LogP contribution in [0.3, 0.4) is 0 Å². The lowest BCUT2D eigenvalue weighted by molar-refractivity contribution is 0.453. The highest BCUT2D eigenvalue weighted by atomic mass is 35.5. The maximum atomic E-state index is 12.4. The molecule has 0 bridgehead atoms.